The summed E-state index contributed by atoms with van der Waals surface area (Å²) in [7, 11) is -3.53. The second-order valence-corrected chi connectivity index (χ2v) is 11.8. The minimum absolute atomic E-state index is 0.189. The van der Waals surface area contributed by atoms with Crippen LogP contribution in [0.2, 0.25) is 0 Å². The number of phosphoric ester groups is 1. The van der Waals surface area contributed by atoms with Gasteiger partial charge < -0.3 is 10.1 Å². The summed E-state index contributed by atoms with van der Waals surface area (Å²) in [6.45, 7) is 16.8. The van der Waals surface area contributed by atoms with Crippen LogP contribution in [0.25, 0.3) is 0 Å². The lowest BCUT2D eigenvalue weighted by molar-refractivity contribution is -0.112. The molecular formula is C34H52NO6P. The topological polar surface area (TPSA) is 83.1 Å². The first-order valence-corrected chi connectivity index (χ1v) is 16.4. The molecule has 0 spiro atoms. The molecule has 1 N–H and O–H groups in total. The third-order valence-corrected chi connectivity index (χ3v) is 7.93. The van der Waals surface area contributed by atoms with Crippen molar-refractivity contribution in [3.63, 3.8) is 0 Å². The molecule has 0 saturated carbocycles. The zero-order valence-corrected chi connectivity index (χ0v) is 27.9. The number of carbonyl (C=O) groups is 1. The van der Waals surface area contributed by atoms with Gasteiger partial charge in [0, 0.05) is 5.69 Å². The van der Waals surface area contributed by atoms with Crippen molar-refractivity contribution >= 4 is 19.4 Å². The van der Waals surface area contributed by atoms with Gasteiger partial charge in [-0.1, -0.05) is 47.1 Å². The summed E-state index contributed by atoms with van der Waals surface area (Å²) in [6.07, 6.45) is 14.9. The maximum atomic E-state index is 13.0. The summed E-state index contributed by atoms with van der Waals surface area (Å²) in [6, 6.07) is 7.43. The van der Waals surface area contributed by atoms with Gasteiger partial charge in [0.2, 0.25) is 0 Å². The van der Waals surface area contributed by atoms with Gasteiger partial charge in [0.25, 0.3) is 5.91 Å². The van der Waals surface area contributed by atoms with Gasteiger partial charge in [-0.25, -0.2) is 4.57 Å². The smallest absolute Gasteiger partial charge is 0.474 e. The first kappa shape index (κ1) is 37.3. The van der Waals surface area contributed by atoms with Gasteiger partial charge in [0.05, 0.1) is 25.4 Å². The van der Waals surface area contributed by atoms with Crippen LogP contribution < -0.4 is 5.32 Å². The van der Waals surface area contributed by atoms with Gasteiger partial charge in [0.15, 0.2) is 0 Å². The standard InChI is InChI=1S/C34H52NO6P/c1-9-32(33(10-2)38-25-23-29(8)18-14-17-28(7)16-13-15-27(5)6)34(36)35-31-21-19-30(20-22-31)24-26-41-42(37,39-11-3)40-12-4/h9-10,15,17,19-23H,11-14,16,18,24-26H2,1-8H3,(H,35,36)/b28-17+,29-23+,32-9+,33-10+. The number of rotatable bonds is 20. The molecule has 8 heteroatoms. The number of hydrogen-bond acceptors (Lipinski definition) is 6. The summed E-state index contributed by atoms with van der Waals surface area (Å²) < 4.78 is 34.1. The number of amides is 1. The number of nitrogens with one attached hydrogen (secondary N) is 1. The van der Waals surface area contributed by atoms with Crippen molar-refractivity contribution in [1.82, 2.24) is 0 Å². The van der Waals surface area contributed by atoms with Crippen molar-refractivity contribution in [2.24, 2.45) is 0 Å². The zero-order chi connectivity index (χ0) is 31.4. The van der Waals surface area contributed by atoms with Gasteiger partial charge >= 0.3 is 7.82 Å². The summed E-state index contributed by atoms with van der Waals surface area (Å²) in [5.41, 5.74) is 6.14. The molecule has 0 aliphatic rings. The molecule has 0 radical (unpaired) electrons. The molecule has 0 aliphatic carbocycles. The van der Waals surface area contributed by atoms with Crippen LogP contribution in [0.1, 0.15) is 86.6 Å². The van der Waals surface area contributed by atoms with Crippen molar-refractivity contribution in [2.45, 2.75) is 87.5 Å². The number of hydrogen-bond donors (Lipinski definition) is 1. The summed E-state index contributed by atoms with van der Waals surface area (Å²) >= 11 is 0. The average molecular weight is 602 g/mol. The molecule has 0 unspecified atom stereocenters. The number of ether oxygens (including phenoxy) is 1. The molecule has 0 aliphatic heterocycles. The Labute approximate surface area is 254 Å². The minimum atomic E-state index is -3.53. The van der Waals surface area contributed by atoms with E-state index in [0.717, 1.165) is 31.2 Å². The Balaban J connectivity index is 2.60. The Morgan fingerprint density at radius 2 is 1.43 bits per heavy atom. The summed E-state index contributed by atoms with van der Waals surface area (Å²) in [4.78, 5) is 13.0. The van der Waals surface area contributed by atoms with Crippen LogP contribution in [-0.2, 0) is 34.1 Å². The highest BCUT2D eigenvalue weighted by molar-refractivity contribution is 7.48. The molecule has 1 aromatic rings. The molecule has 0 aromatic heterocycles. The molecule has 1 aromatic carbocycles. The first-order chi connectivity index (χ1) is 20.1. The van der Waals surface area contributed by atoms with Crippen LogP contribution in [0.4, 0.5) is 5.69 Å². The van der Waals surface area contributed by atoms with E-state index in [1.807, 2.05) is 44.2 Å². The quantitative estimate of drug-likeness (QED) is 0.0527. The van der Waals surface area contributed by atoms with E-state index in [2.05, 4.69) is 51.2 Å². The van der Waals surface area contributed by atoms with Gasteiger partial charge in [-0.05, 0) is 117 Å². The lowest BCUT2D eigenvalue weighted by Crippen LogP contribution is -2.17. The molecule has 1 rings (SSSR count). The fourth-order valence-corrected chi connectivity index (χ4v) is 5.14. The fourth-order valence-electron chi connectivity index (χ4n) is 3.97. The second-order valence-electron chi connectivity index (χ2n) is 10.1. The molecule has 0 saturated heterocycles. The Morgan fingerprint density at radius 1 is 0.833 bits per heavy atom. The molecule has 0 atom stereocenters. The van der Waals surface area contributed by atoms with Crippen molar-refractivity contribution in [3.8, 4) is 0 Å². The third kappa shape index (κ3) is 15.5. The van der Waals surface area contributed by atoms with Gasteiger partial charge in [0.1, 0.15) is 12.4 Å². The molecule has 1 amide bonds. The molecule has 42 heavy (non-hydrogen) atoms. The first-order valence-electron chi connectivity index (χ1n) is 14.9. The SMILES string of the molecule is C/C=C(OC/C=C(\C)CC/C=C(\C)CCC=C(C)C)\C(=C/C)C(=O)Nc1ccc(CCOP(=O)(OCC)OCC)cc1. The van der Waals surface area contributed by atoms with Crippen LogP contribution in [0.15, 0.2) is 82.7 Å². The lowest BCUT2D eigenvalue weighted by atomic mass is 10.1. The molecule has 0 heterocycles. The highest BCUT2D eigenvalue weighted by atomic mass is 31.2. The van der Waals surface area contributed by atoms with Crippen LogP contribution in [0, 0.1) is 0 Å². The third-order valence-electron chi connectivity index (χ3n) is 6.28. The molecular weight excluding hydrogens is 549 g/mol. The number of carbonyl (C=O) groups excluding carboxylic acids is 1. The Hall–Kier alpha value is -2.70. The van der Waals surface area contributed by atoms with E-state index in [1.165, 1.54) is 16.7 Å². The molecule has 0 fully saturated rings. The lowest BCUT2D eigenvalue weighted by Gasteiger charge is -2.16. The van der Waals surface area contributed by atoms with Crippen molar-refractivity contribution in [2.75, 3.05) is 31.7 Å². The van der Waals surface area contributed by atoms with E-state index >= 15 is 0 Å². The predicted molar refractivity (Wildman–Crippen MR) is 174 cm³/mol. The van der Waals surface area contributed by atoms with E-state index in [9.17, 15) is 9.36 Å². The number of anilines is 1. The van der Waals surface area contributed by atoms with Crippen LogP contribution in [0.5, 0.6) is 0 Å². The summed E-state index contributed by atoms with van der Waals surface area (Å²) in [5.74, 6) is 0.293. The van der Waals surface area contributed by atoms with Crippen molar-refractivity contribution < 1.29 is 27.7 Å². The minimum Gasteiger partial charge on any atom is -0.489 e. The number of benzene rings is 1. The van der Waals surface area contributed by atoms with Crippen LogP contribution in [0.3, 0.4) is 0 Å². The number of phosphoric acid groups is 1. The molecule has 0 bridgehead atoms. The van der Waals surface area contributed by atoms with E-state index < -0.39 is 7.82 Å². The van der Waals surface area contributed by atoms with E-state index in [0.29, 0.717) is 30.0 Å². The maximum absolute atomic E-state index is 13.0. The van der Waals surface area contributed by atoms with Crippen molar-refractivity contribution in [1.29, 1.82) is 0 Å². The summed E-state index contributed by atoms with van der Waals surface area (Å²) in [5, 5.41) is 2.94. The average Bonchev–Trinajstić information content (AvgIpc) is 2.93. The van der Waals surface area contributed by atoms with Crippen molar-refractivity contribution in [3.05, 3.63) is 88.3 Å². The largest absolute Gasteiger partial charge is 0.489 e. The van der Waals surface area contributed by atoms with Gasteiger partial charge in [-0.15, -0.1) is 0 Å². The predicted octanol–water partition coefficient (Wildman–Crippen LogP) is 9.65. The van der Waals surface area contributed by atoms with Crippen LogP contribution >= 0.6 is 7.82 Å². The normalized spacial score (nSPS) is 13.2. The van der Waals surface area contributed by atoms with E-state index in [4.69, 9.17) is 18.3 Å². The van der Waals surface area contributed by atoms with E-state index in [-0.39, 0.29) is 25.7 Å². The Morgan fingerprint density at radius 3 is 1.98 bits per heavy atom. The van der Waals surface area contributed by atoms with Gasteiger partial charge in [-0.3, -0.25) is 18.4 Å². The fraction of sp³-hybridized carbons (Fsp3) is 0.500. The second kappa shape index (κ2) is 21.1. The molecule has 7 nitrogen and oxygen atoms in total. The Kier molecular flexibility index (Phi) is 18.7. The van der Waals surface area contributed by atoms with Gasteiger partial charge in [-0.2, -0.15) is 0 Å². The van der Waals surface area contributed by atoms with Crippen LogP contribution in [-0.4, -0.2) is 32.3 Å². The highest BCUT2D eigenvalue weighted by Crippen LogP contribution is 2.49. The monoisotopic (exact) mass is 601 g/mol. The maximum Gasteiger partial charge on any atom is 0.474 e. The zero-order valence-electron chi connectivity index (χ0n) is 27.0. The highest BCUT2D eigenvalue weighted by Gasteiger charge is 2.24. The van der Waals surface area contributed by atoms with E-state index in [1.54, 1.807) is 19.9 Å². The Bertz CT molecular complexity index is 1150. The molecule has 234 valence electrons. The number of allylic oxidation sites excluding steroid dienone is 7.